The van der Waals surface area contributed by atoms with Crippen LogP contribution in [0.3, 0.4) is 0 Å². The lowest BCUT2D eigenvalue weighted by atomic mass is 10.1. The standard InChI is InChI=1S/C20H28N4OS.HI/c1-16-6-11-26-19(16)14-23-20(21-2)22-13-17-4-3-5-18(12-17)15-24-7-9-25-10-8-24;/h3-6,11-12H,7-10,13-15H2,1-2H3,(H2,21,22,23);1H. The summed E-state index contributed by atoms with van der Waals surface area (Å²) in [6.45, 7) is 8.41. The van der Waals surface area contributed by atoms with Gasteiger partial charge in [0.1, 0.15) is 0 Å². The van der Waals surface area contributed by atoms with Gasteiger partial charge in [0.15, 0.2) is 5.96 Å². The monoisotopic (exact) mass is 500 g/mol. The van der Waals surface area contributed by atoms with Crippen LogP contribution in [0.15, 0.2) is 40.7 Å². The zero-order valence-electron chi connectivity index (χ0n) is 16.0. The number of aryl methyl sites for hydroxylation is 1. The van der Waals surface area contributed by atoms with Gasteiger partial charge in [-0.3, -0.25) is 9.89 Å². The molecular weight excluding hydrogens is 471 g/mol. The third-order valence-electron chi connectivity index (χ3n) is 4.57. The van der Waals surface area contributed by atoms with E-state index in [2.05, 4.69) is 63.2 Å². The van der Waals surface area contributed by atoms with Crippen molar-refractivity contribution in [3.8, 4) is 0 Å². The van der Waals surface area contributed by atoms with Gasteiger partial charge in [0, 0.05) is 38.1 Å². The number of benzene rings is 1. The second-order valence-electron chi connectivity index (χ2n) is 6.51. The van der Waals surface area contributed by atoms with Crippen molar-refractivity contribution in [3.05, 3.63) is 57.3 Å². The Balaban J connectivity index is 0.00000261. The number of thiophene rings is 1. The normalized spacial score (nSPS) is 15.3. The topological polar surface area (TPSA) is 48.9 Å². The summed E-state index contributed by atoms with van der Waals surface area (Å²) in [5, 5.41) is 8.93. The molecule has 0 radical (unpaired) electrons. The molecule has 27 heavy (non-hydrogen) atoms. The lowest BCUT2D eigenvalue weighted by Crippen LogP contribution is -2.36. The molecule has 148 valence electrons. The van der Waals surface area contributed by atoms with Crippen LogP contribution >= 0.6 is 35.3 Å². The maximum Gasteiger partial charge on any atom is 0.191 e. The zero-order chi connectivity index (χ0) is 18.2. The summed E-state index contributed by atoms with van der Waals surface area (Å²) in [6.07, 6.45) is 0. The Hall–Kier alpha value is -1.16. The fourth-order valence-electron chi connectivity index (χ4n) is 3.01. The molecule has 1 saturated heterocycles. The maximum atomic E-state index is 5.42. The molecule has 7 heteroatoms. The van der Waals surface area contributed by atoms with Crippen molar-refractivity contribution in [1.82, 2.24) is 15.5 Å². The summed E-state index contributed by atoms with van der Waals surface area (Å²) in [5.74, 6) is 0.830. The van der Waals surface area contributed by atoms with Crippen LogP contribution in [0.4, 0.5) is 0 Å². The van der Waals surface area contributed by atoms with Gasteiger partial charge in [-0.15, -0.1) is 35.3 Å². The lowest BCUT2D eigenvalue weighted by molar-refractivity contribution is 0.0342. The number of hydrogen-bond donors (Lipinski definition) is 2. The second-order valence-corrected chi connectivity index (χ2v) is 7.52. The van der Waals surface area contributed by atoms with Crippen LogP contribution in [0.25, 0.3) is 0 Å². The van der Waals surface area contributed by atoms with Crippen LogP contribution in [0, 0.1) is 6.92 Å². The molecule has 0 spiro atoms. The number of morpholine rings is 1. The van der Waals surface area contributed by atoms with E-state index in [9.17, 15) is 0 Å². The van der Waals surface area contributed by atoms with Gasteiger partial charge in [0.2, 0.25) is 0 Å². The predicted octanol–water partition coefficient (Wildman–Crippen LogP) is 3.37. The Morgan fingerprint density at radius 3 is 2.59 bits per heavy atom. The van der Waals surface area contributed by atoms with Gasteiger partial charge in [-0.2, -0.15) is 0 Å². The fraction of sp³-hybridized carbons (Fsp3) is 0.450. The minimum atomic E-state index is 0. The van der Waals surface area contributed by atoms with E-state index in [4.69, 9.17) is 4.74 Å². The summed E-state index contributed by atoms with van der Waals surface area (Å²) < 4.78 is 5.42. The van der Waals surface area contributed by atoms with E-state index in [-0.39, 0.29) is 24.0 Å². The Kier molecular flexibility index (Phi) is 9.53. The van der Waals surface area contributed by atoms with E-state index in [0.717, 1.165) is 51.9 Å². The minimum absolute atomic E-state index is 0. The summed E-state index contributed by atoms with van der Waals surface area (Å²) in [5.41, 5.74) is 3.95. The average Bonchev–Trinajstić information content (AvgIpc) is 3.08. The number of hydrogen-bond acceptors (Lipinski definition) is 4. The van der Waals surface area contributed by atoms with Crippen LogP contribution < -0.4 is 10.6 Å². The van der Waals surface area contributed by atoms with Crippen LogP contribution in [0.5, 0.6) is 0 Å². The van der Waals surface area contributed by atoms with Crippen LogP contribution in [0.1, 0.15) is 21.6 Å². The molecule has 0 bridgehead atoms. The van der Waals surface area contributed by atoms with Gasteiger partial charge >= 0.3 is 0 Å². The van der Waals surface area contributed by atoms with Crippen LogP contribution in [0.2, 0.25) is 0 Å². The highest BCUT2D eigenvalue weighted by atomic mass is 127. The maximum absolute atomic E-state index is 5.42. The van der Waals surface area contributed by atoms with Crippen LogP contribution in [-0.2, 0) is 24.4 Å². The highest BCUT2D eigenvalue weighted by molar-refractivity contribution is 14.0. The Bertz CT molecular complexity index is 728. The molecule has 2 N–H and O–H groups in total. The van der Waals surface area contributed by atoms with E-state index in [1.165, 1.54) is 21.6 Å². The molecular formula is C20H29IN4OS. The first-order valence-corrected chi connectivity index (χ1v) is 9.98. The quantitative estimate of drug-likeness (QED) is 0.363. The third kappa shape index (κ3) is 7.06. The van der Waals surface area contributed by atoms with Crippen molar-refractivity contribution in [1.29, 1.82) is 0 Å². The summed E-state index contributed by atoms with van der Waals surface area (Å²) in [4.78, 5) is 8.12. The molecule has 0 aliphatic carbocycles. The largest absolute Gasteiger partial charge is 0.379 e. The SMILES string of the molecule is CN=C(NCc1cccc(CN2CCOCC2)c1)NCc1sccc1C.I. The number of ether oxygens (including phenoxy) is 1. The molecule has 1 fully saturated rings. The average molecular weight is 500 g/mol. The van der Waals surface area contributed by atoms with E-state index >= 15 is 0 Å². The Morgan fingerprint density at radius 2 is 1.89 bits per heavy atom. The molecule has 0 saturated carbocycles. The predicted molar refractivity (Wildman–Crippen MR) is 124 cm³/mol. The van der Waals surface area contributed by atoms with Crippen molar-refractivity contribution in [2.24, 2.45) is 4.99 Å². The molecule has 3 rings (SSSR count). The number of guanidine groups is 1. The van der Waals surface area contributed by atoms with Gasteiger partial charge in [0.25, 0.3) is 0 Å². The second kappa shape index (κ2) is 11.6. The Labute approximate surface area is 183 Å². The van der Waals surface area contributed by atoms with Gasteiger partial charge < -0.3 is 15.4 Å². The highest BCUT2D eigenvalue weighted by Gasteiger charge is 2.10. The van der Waals surface area contributed by atoms with Gasteiger partial charge in [-0.05, 0) is 35.1 Å². The molecule has 2 heterocycles. The van der Waals surface area contributed by atoms with Gasteiger partial charge in [-0.1, -0.05) is 24.3 Å². The molecule has 1 aromatic heterocycles. The first-order chi connectivity index (χ1) is 12.7. The molecule has 1 aromatic carbocycles. The number of rotatable bonds is 6. The first-order valence-electron chi connectivity index (χ1n) is 9.10. The highest BCUT2D eigenvalue weighted by Crippen LogP contribution is 2.14. The third-order valence-corrected chi connectivity index (χ3v) is 5.59. The minimum Gasteiger partial charge on any atom is -0.379 e. The number of halogens is 1. The fourth-order valence-corrected chi connectivity index (χ4v) is 3.86. The molecule has 1 aliphatic heterocycles. The molecule has 0 unspecified atom stereocenters. The van der Waals surface area contributed by atoms with Crippen molar-refractivity contribution < 1.29 is 4.74 Å². The van der Waals surface area contributed by atoms with E-state index in [0.29, 0.717) is 0 Å². The summed E-state index contributed by atoms with van der Waals surface area (Å²) in [7, 11) is 1.81. The molecule has 2 aromatic rings. The molecule has 5 nitrogen and oxygen atoms in total. The molecule has 0 atom stereocenters. The number of nitrogens with one attached hydrogen (secondary N) is 2. The van der Waals surface area contributed by atoms with E-state index < -0.39 is 0 Å². The molecule has 0 amide bonds. The van der Waals surface area contributed by atoms with E-state index in [1.54, 1.807) is 11.3 Å². The zero-order valence-corrected chi connectivity index (χ0v) is 19.2. The lowest BCUT2D eigenvalue weighted by Gasteiger charge is -2.26. The summed E-state index contributed by atoms with van der Waals surface area (Å²) >= 11 is 1.78. The Morgan fingerprint density at radius 1 is 1.15 bits per heavy atom. The van der Waals surface area contributed by atoms with Crippen molar-refractivity contribution >= 4 is 41.3 Å². The first kappa shape index (κ1) is 22.1. The van der Waals surface area contributed by atoms with Gasteiger partial charge in [-0.25, -0.2) is 0 Å². The smallest absolute Gasteiger partial charge is 0.191 e. The van der Waals surface area contributed by atoms with E-state index in [1.807, 2.05) is 7.05 Å². The molecule has 1 aliphatic rings. The van der Waals surface area contributed by atoms with Crippen LogP contribution in [-0.4, -0.2) is 44.2 Å². The van der Waals surface area contributed by atoms with Crippen molar-refractivity contribution in [2.45, 2.75) is 26.6 Å². The summed E-state index contributed by atoms with van der Waals surface area (Å²) in [6, 6.07) is 10.9. The van der Waals surface area contributed by atoms with Gasteiger partial charge in [0.05, 0.1) is 19.8 Å². The number of aliphatic imine (C=N–C) groups is 1. The number of nitrogens with zero attached hydrogens (tertiary/aromatic N) is 2. The van der Waals surface area contributed by atoms with Crippen molar-refractivity contribution in [2.75, 3.05) is 33.4 Å². The van der Waals surface area contributed by atoms with Crippen molar-refractivity contribution in [3.63, 3.8) is 0 Å².